The van der Waals surface area contributed by atoms with Gasteiger partial charge in [-0.1, -0.05) is 29.8 Å². The van der Waals surface area contributed by atoms with Crippen molar-refractivity contribution >= 4 is 27.5 Å². The van der Waals surface area contributed by atoms with E-state index in [4.69, 9.17) is 11.6 Å². The highest BCUT2D eigenvalue weighted by atomic mass is 35.5. The van der Waals surface area contributed by atoms with Gasteiger partial charge in [-0.3, -0.25) is 4.79 Å². The second-order valence-corrected chi connectivity index (χ2v) is 8.08. The number of amides is 1. The second-order valence-electron chi connectivity index (χ2n) is 5.69. The van der Waals surface area contributed by atoms with Gasteiger partial charge in [0.1, 0.15) is 0 Å². The molecule has 1 aromatic rings. The minimum Gasteiger partial charge on any atom is -0.349 e. The largest absolute Gasteiger partial charge is 0.349 e. The lowest BCUT2D eigenvalue weighted by atomic mass is 9.96. The van der Waals surface area contributed by atoms with Crippen LogP contribution in [0.15, 0.2) is 24.3 Å². The van der Waals surface area contributed by atoms with Crippen LogP contribution in [-0.2, 0) is 14.8 Å². The minimum absolute atomic E-state index is 0.0411. The van der Waals surface area contributed by atoms with E-state index in [0.717, 1.165) is 5.56 Å². The van der Waals surface area contributed by atoms with E-state index in [0.29, 0.717) is 31.0 Å². The molecule has 1 aromatic carbocycles. The number of benzene rings is 1. The quantitative estimate of drug-likeness (QED) is 0.910. The van der Waals surface area contributed by atoms with Crippen LogP contribution in [0, 0.1) is 5.92 Å². The van der Waals surface area contributed by atoms with Crippen LogP contribution in [0.1, 0.15) is 31.4 Å². The zero-order valence-electron chi connectivity index (χ0n) is 12.8. The van der Waals surface area contributed by atoms with E-state index < -0.39 is 10.0 Å². The van der Waals surface area contributed by atoms with Crippen molar-refractivity contribution in [1.29, 1.82) is 0 Å². The molecule has 5 nitrogen and oxygen atoms in total. The summed E-state index contributed by atoms with van der Waals surface area (Å²) in [6, 6.07) is 7.24. The van der Waals surface area contributed by atoms with Crippen molar-refractivity contribution < 1.29 is 13.2 Å². The Labute approximate surface area is 136 Å². The fourth-order valence-electron chi connectivity index (χ4n) is 2.68. The smallest absolute Gasteiger partial charge is 0.223 e. The molecule has 0 radical (unpaired) electrons. The first-order chi connectivity index (χ1) is 10.3. The van der Waals surface area contributed by atoms with E-state index in [1.165, 1.54) is 10.6 Å². The third-order valence-electron chi connectivity index (χ3n) is 4.02. The van der Waals surface area contributed by atoms with Gasteiger partial charge in [-0.25, -0.2) is 12.7 Å². The van der Waals surface area contributed by atoms with E-state index in [2.05, 4.69) is 5.32 Å². The Morgan fingerprint density at radius 3 is 2.45 bits per heavy atom. The minimum atomic E-state index is -3.16. The Balaban J connectivity index is 1.93. The number of halogens is 1. The molecule has 1 aliphatic rings. The summed E-state index contributed by atoms with van der Waals surface area (Å²) in [7, 11) is -3.16. The molecule has 2 rings (SSSR count). The molecule has 1 saturated heterocycles. The molecule has 1 amide bonds. The molecule has 1 aliphatic heterocycles. The number of sulfonamides is 1. The highest BCUT2D eigenvalue weighted by molar-refractivity contribution is 7.88. The predicted molar refractivity (Wildman–Crippen MR) is 87.2 cm³/mol. The highest BCUT2D eigenvalue weighted by Crippen LogP contribution is 2.24. The third-order valence-corrected chi connectivity index (χ3v) is 5.67. The number of hydrogen-bond donors (Lipinski definition) is 1. The van der Waals surface area contributed by atoms with Gasteiger partial charge in [0, 0.05) is 24.0 Å². The first-order valence-corrected chi connectivity index (χ1v) is 9.51. The van der Waals surface area contributed by atoms with E-state index in [9.17, 15) is 13.2 Å². The molecule has 0 aromatic heterocycles. The summed E-state index contributed by atoms with van der Waals surface area (Å²) >= 11 is 6.13. The molecule has 1 N–H and O–H groups in total. The molecule has 22 heavy (non-hydrogen) atoms. The van der Waals surface area contributed by atoms with Crippen molar-refractivity contribution in [2.75, 3.05) is 19.3 Å². The van der Waals surface area contributed by atoms with Crippen LogP contribution in [0.5, 0.6) is 0 Å². The molecule has 1 unspecified atom stereocenters. The summed E-state index contributed by atoms with van der Waals surface area (Å²) in [5, 5.41) is 3.60. The Morgan fingerprint density at radius 2 is 1.91 bits per heavy atom. The van der Waals surface area contributed by atoms with Crippen LogP contribution in [0.25, 0.3) is 0 Å². The maximum Gasteiger partial charge on any atom is 0.223 e. The van der Waals surface area contributed by atoms with Crippen molar-refractivity contribution in [2.24, 2.45) is 5.92 Å². The van der Waals surface area contributed by atoms with Crippen LogP contribution in [0.4, 0.5) is 0 Å². The van der Waals surface area contributed by atoms with Crippen molar-refractivity contribution in [3.8, 4) is 0 Å². The number of carbonyl (C=O) groups excluding carboxylic acids is 1. The van der Waals surface area contributed by atoms with E-state index in [1.807, 2.05) is 25.1 Å². The average molecular weight is 345 g/mol. The van der Waals surface area contributed by atoms with E-state index in [-0.39, 0.29) is 17.9 Å². The summed E-state index contributed by atoms with van der Waals surface area (Å²) in [6.45, 7) is 2.69. The molecule has 0 spiro atoms. The first-order valence-electron chi connectivity index (χ1n) is 7.29. The topological polar surface area (TPSA) is 66.5 Å². The SMILES string of the molecule is CC(NC(=O)C1CCN(S(C)(=O)=O)CC1)c1ccccc1Cl. The summed E-state index contributed by atoms with van der Waals surface area (Å²) < 4.78 is 24.4. The fraction of sp³-hybridized carbons (Fsp3) is 0.533. The van der Waals surface area contributed by atoms with Gasteiger partial charge in [0.25, 0.3) is 0 Å². The molecule has 122 valence electrons. The number of piperidine rings is 1. The fourth-order valence-corrected chi connectivity index (χ4v) is 3.86. The molecular weight excluding hydrogens is 324 g/mol. The van der Waals surface area contributed by atoms with Gasteiger partial charge in [0.2, 0.25) is 15.9 Å². The van der Waals surface area contributed by atoms with Gasteiger partial charge in [-0.05, 0) is 31.4 Å². The van der Waals surface area contributed by atoms with E-state index in [1.54, 1.807) is 6.07 Å². The molecule has 0 bridgehead atoms. The maximum absolute atomic E-state index is 12.3. The standard InChI is InChI=1S/C15H21ClN2O3S/c1-11(13-5-3-4-6-14(13)16)17-15(19)12-7-9-18(10-8-12)22(2,20)21/h3-6,11-12H,7-10H2,1-2H3,(H,17,19). The van der Waals surface area contributed by atoms with E-state index >= 15 is 0 Å². The second kappa shape index (κ2) is 6.98. The molecule has 7 heteroatoms. The first kappa shape index (κ1) is 17.2. The number of hydrogen-bond acceptors (Lipinski definition) is 3. The molecule has 1 atom stereocenters. The van der Waals surface area contributed by atoms with Crippen molar-refractivity contribution in [3.05, 3.63) is 34.9 Å². The Kier molecular flexibility index (Phi) is 5.47. The number of nitrogens with zero attached hydrogens (tertiary/aromatic N) is 1. The van der Waals surface area contributed by atoms with Crippen LogP contribution >= 0.6 is 11.6 Å². The number of carbonyl (C=O) groups is 1. The summed E-state index contributed by atoms with van der Waals surface area (Å²) in [5.74, 6) is -0.191. The Morgan fingerprint density at radius 1 is 1.32 bits per heavy atom. The monoisotopic (exact) mass is 344 g/mol. The van der Waals surface area contributed by atoms with Gasteiger partial charge >= 0.3 is 0 Å². The van der Waals surface area contributed by atoms with Gasteiger partial charge in [0.05, 0.1) is 12.3 Å². The van der Waals surface area contributed by atoms with Crippen LogP contribution in [0.2, 0.25) is 5.02 Å². The van der Waals surface area contributed by atoms with Crippen molar-refractivity contribution in [3.63, 3.8) is 0 Å². The normalized spacial score (nSPS) is 18.9. The van der Waals surface area contributed by atoms with Gasteiger partial charge in [0.15, 0.2) is 0 Å². The number of nitrogens with one attached hydrogen (secondary N) is 1. The zero-order chi connectivity index (χ0) is 16.3. The highest BCUT2D eigenvalue weighted by Gasteiger charge is 2.29. The summed E-state index contributed by atoms with van der Waals surface area (Å²) in [5.41, 5.74) is 0.881. The molecule has 0 saturated carbocycles. The Bertz CT molecular complexity index is 640. The van der Waals surface area contributed by atoms with Gasteiger partial charge < -0.3 is 5.32 Å². The van der Waals surface area contributed by atoms with Crippen LogP contribution < -0.4 is 5.32 Å². The zero-order valence-corrected chi connectivity index (χ0v) is 14.3. The van der Waals surface area contributed by atoms with Gasteiger partial charge in [-0.2, -0.15) is 0 Å². The molecule has 1 fully saturated rings. The summed E-state index contributed by atoms with van der Waals surface area (Å²) in [6.07, 6.45) is 2.30. The summed E-state index contributed by atoms with van der Waals surface area (Å²) in [4.78, 5) is 12.3. The van der Waals surface area contributed by atoms with Crippen molar-refractivity contribution in [2.45, 2.75) is 25.8 Å². The van der Waals surface area contributed by atoms with Crippen LogP contribution in [0.3, 0.4) is 0 Å². The molecular formula is C15H21ClN2O3S. The lowest BCUT2D eigenvalue weighted by molar-refractivity contribution is -0.126. The predicted octanol–water partition coefficient (Wildman–Crippen LogP) is 2.19. The van der Waals surface area contributed by atoms with Crippen molar-refractivity contribution in [1.82, 2.24) is 9.62 Å². The number of rotatable bonds is 4. The maximum atomic E-state index is 12.3. The van der Waals surface area contributed by atoms with Gasteiger partial charge in [-0.15, -0.1) is 0 Å². The average Bonchev–Trinajstić information content (AvgIpc) is 2.46. The van der Waals surface area contributed by atoms with Crippen LogP contribution in [-0.4, -0.2) is 38.0 Å². The Hall–Kier alpha value is -1.11. The third kappa shape index (κ3) is 4.21. The molecule has 1 heterocycles. The lowest BCUT2D eigenvalue weighted by Crippen LogP contribution is -2.43. The molecule has 0 aliphatic carbocycles. The lowest BCUT2D eigenvalue weighted by Gasteiger charge is -2.30.